The van der Waals surface area contributed by atoms with E-state index in [1.54, 1.807) is 51.4 Å². The topological polar surface area (TPSA) is 348 Å². The number of ether oxygens (including phenoxy) is 3. The average molecular weight is 1980 g/mol. The van der Waals surface area contributed by atoms with Gasteiger partial charge in [-0.1, -0.05) is 0 Å². The number of alkyl halides is 12. The molecule has 0 radical (unpaired) electrons. The molecule has 7 aliphatic rings. The Hall–Kier alpha value is -15.1. The van der Waals surface area contributed by atoms with E-state index in [0.29, 0.717) is 145 Å². The highest BCUT2D eigenvalue weighted by molar-refractivity contribution is 5.71. The Balaban J connectivity index is 0.000000121. The van der Waals surface area contributed by atoms with Crippen LogP contribution in [-0.4, -0.2) is 267 Å². The summed E-state index contributed by atoms with van der Waals surface area (Å²) in [7, 11) is 1.90. The number of pyridine rings is 4. The van der Waals surface area contributed by atoms with E-state index < -0.39 is 63.8 Å². The number of H-pyrrole nitrogens is 2. The minimum Gasteiger partial charge on any atom is -0.444 e. The van der Waals surface area contributed by atoms with Gasteiger partial charge in [-0.2, -0.15) is 68.0 Å². The van der Waals surface area contributed by atoms with Crippen molar-refractivity contribution < 1.29 is 76.5 Å². The van der Waals surface area contributed by atoms with E-state index in [0.717, 1.165) is 137 Å². The fourth-order valence-corrected chi connectivity index (χ4v) is 18.6. The van der Waals surface area contributed by atoms with Crippen LogP contribution in [0.1, 0.15) is 112 Å². The van der Waals surface area contributed by atoms with Gasteiger partial charge in [-0.25, -0.2) is 69.4 Å². The van der Waals surface area contributed by atoms with Crippen LogP contribution in [0.5, 0.6) is 0 Å². The highest BCUT2D eigenvalue weighted by Crippen LogP contribution is 2.44. The number of rotatable bonds is 14. The van der Waals surface area contributed by atoms with Crippen molar-refractivity contribution in [2.24, 2.45) is 17.5 Å². The number of aliphatic imine (C=N–C) groups is 1. The molecule has 48 heteroatoms. The van der Waals surface area contributed by atoms with Gasteiger partial charge >= 0.3 is 36.9 Å². The van der Waals surface area contributed by atoms with Gasteiger partial charge in [0.1, 0.15) is 85.4 Å². The van der Waals surface area contributed by atoms with Crippen LogP contribution in [0.3, 0.4) is 0 Å². The summed E-state index contributed by atoms with van der Waals surface area (Å²) < 4.78 is 183. The first-order valence-electron chi connectivity index (χ1n) is 45.9. The fraction of sp³-hybridized carbons (Fsp3) is 0.389. The molecule has 0 aliphatic carbocycles. The highest BCUT2D eigenvalue weighted by atomic mass is 19.4. The number of carbonyl (C=O) groups excluding carboxylic acids is 2. The standard InChI is InChI=1S/C24H23F3N10.C24H22F3N9.C24H27F3N6O2.C23H25F3N6O3/c1-34-12-16(8-32-34)13-35-6-7-36(15-20(35)17-9-30-31-10-17)22-4-5-28-23(33-22)19-11-29-21-3-2-18(14-37(19)21)24(25,26)27;25-24(26,27)18-1-2-21-30-12-19(36(21)14-18)23-29-6-4-22(33-23)35-8-7-34(13-16-3-5-28-9-16)20(15-35)17-10-31-32-11-17;1-22(2,3)35-21(34)32-14-23(15-32)8-4-10-31(13-23)19-7-9-28-20(30-19)17-11-29-18-6-5-16(12-33(17)18)24(25,26)27;1-21(2,3)35-20(33)31-13-22(14-31)12-30(8-9-34-22)18-6-7-27-19(29-18)16-10-28-17-5-4-15(11-32(16)17)23(24,25)26/h2-5,8-12,14,20H,6-7,13,15H2,1H3,(H,30,31);1-2,4-6,9-12,14,20H,3,7-8,13,15H2,(H,31,32);5-7,9,11-12H,4,8,10,13-15H2,1-3H3;4-7,10-11H,8-9,12-14H2,1-3H3. The van der Waals surface area contributed by atoms with E-state index in [4.69, 9.17) is 24.2 Å². The number of piperidine rings is 1. The van der Waals surface area contributed by atoms with E-state index in [-0.39, 0.29) is 35.5 Å². The van der Waals surface area contributed by atoms with Crippen molar-refractivity contribution in [2.75, 3.05) is 124 Å². The lowest BCUT2D eigenvalue weighted by Crippen LogP contribution is -2.71. The summed E-state index contributed by atoms with van der Waals surface area (Å²) in [4.78, 5) is 98.5. The zero-order valence-electron chi connectivity index (χ0n) is 78.3. The molecule has 6 saturated heterocycles. The van der Waals surface area contributed by atoms with E-state index in [1.165, 1.54) is 72.2 Å². The van der Waals surface area contributed by atoms with Crippen molar-refractivity contribution in [3.8, 4) is 46.1 Å². The van der Waals surface area contributed by atoms with Crippen LogP contribution >= 0.6 is 0 Å². The number of likely N-dealkylation sites (tertiary alicyclic amines) is 2. The lowest BCUT2D eigenvalue weighted by molar-refractivity contribution is -0.144. The largest absolute Gasteiger partial charge is 0.444 e. The van der Waals surface area contributed by atoms with Crippen molar-refractivity contribution in [3.63, 3.8) is 0 Å². The van der Waals surface area contributed by atoms with Gasteiger partial charge in [0.25, 0.3) is 0 Å². The minimum absolute atomic E-state index is 0.0226. The number of hydrogen-bond donors (Lipinski definition) is 2. The van der Waals surface area contributed by atoms with E-state index >= 15 is 0 Å². The molecule has 143 heavy (non-hydrogen) atoms. The van der Waals surface area contributed by atoms with Gasteiger partial charge in [0.2, 0.25) is 0 Å². The van der Waals surface area contributed by atoms with E-state index in [2.05, 4.69) is 105 Å². The predicted molar refractivity (Wildman–Crippen MR) is 499 cm³/mol. The number of imidazole rings is 4. The Morgan fingerprint density at radius 1 is 0.434 bits per heavy atom. The van der Waals surface area contributed by atoms with Crippen molar-refractivity contribution in [1.82, 2.24) is 127 Å². The van der Waals surface area contributed by atoms with Gasteiger partial charge < -0.3 is 43.6 Å². The van der Waals surface area contributed by atoms with Crippen molar-refractivity contribution in [3.05, 3.63) is 235 Å². The second kappa shape index (κ2) is 38.4. The molecule has 746 valence electrons. The number of piperazine rings is 2. The molecule has 0 aromatic carbocycles. The van der Waals surface area contributed by atoms with Crippen LogP contribution in [0, 0.1) is 5.41 Å². The van der Waals surface area contributed by atoms with Crippen LogP contribution in [0.15, 0.2) is 201 Å². The number of aryl methyl sites for hydroxylation is 1. The molecule has 36 nitrogen and oxygen atoms in total. The highest BCUT2D eigenvalue weighted by Gasteiger charge is 2.52. The molecule has 6 fully saturated rings. The number of aromatic amines is 2. The molecule has 2 spiro atoms. The summed E-state index contributed by atoms with van der Waals surface area (Å²) in [6, 6.07) is 16.7. The number of nitrogens with one attached hydrogen (secondary N) is 2. The molecule has 22 heterocycles. The van der Waals surface area contributed by atoms with Crippen LogP contribution in [0.25, 0.3) is 68.7 Å². The normalized spacial score (nSPS) is 18.0. The van der Waals surface area contributed by atoms with Crippen molar-refractivity contribution in [1.29, 1.82) is 0 Å². The molecule has 22 rings (SSSR count). The molecule has 2 unspecified atom stereocenters. The van der Waals surface area contributed by atoms with Gasteiger partial charge in [-0.15, -0.1) is 0 Å². The maximum Gasteiger partial charge on any atom is 0.417 e. The number of nitrogens with zero attached hydrogens (tertiary/aromatic N) is 29. The first-order valence-corrected chi connectivity index (χ1v) is 45.9. The molecule has 2 atom stereocenters. The molecule has 15 aromatic heterocycles. The molecular weight excluding hydrogens is 1880 g/mol. The monoisotopic (exact) mass is 1980 g/mol. The van der Waals surface area contributed by atoms with Crippen LogP contribution in [0.2, 0.25) is 0 Å². The number of carbonyl (C=O) groups is 2. The first-order chi connectivity index (χ1) is 68.1. The lowest BCUT2D eigenvalue weighted by Gasteiger charge is -2.54. The first kappa shape index (κ1) is 96.8. The van der Waals surface area contributed by atoms with Crippen LogP contribution in [0.4, 0.5) is 85.5 Å². The van der Waals surface area contributed by atoms with Crippen LogP contribution in [-0.2, 0) is 52.5 Å². The van der Waals surface area contributed by atoms with Crippen molar-refractivity contribution in [2.45, 2.75) is 121 Å². The lowest BCUT2D eigenvalue weighted by atomic mass is 9.73. The second-order valence-electron chi connectivity index (χ2n) is 38.0. The quantitative estimate of drug-likeness (QED) is 0.0955. The summed E-state index contributed by atoms with van der Waals surface area (Å²) in [5, 5.41) is 18.4. The number of fused-ring (bicyclic) bond motifs is 4. The molecule has 2 amide bonds. The Morgan fingerprint density at radius 3 is 1.19 bits per heavy atom. The summed E-state index contributed by atoms with van der Waals surface area (Å²) in [5.74, 6) is 3.91. The average Bonchev–Trinajstić information content (AvgIpc) is 1.30. The summed E-state index contributed by atoms with van der Waals surface area (Å²) in [6.45, 7) is 22.1. The Morgan fingerprint density at radius 2 is 0.825 bits per heavy atom. The molecule has 0 saturated carbocycles. The maximum absolute atomic E-state index is 13.3. The van der Waals surface area contributed by atoms with Gasteiger partial charge in [0.15, 0.2) is 23.3 Å². The third-order valence-electron chi connectivity index (χ3n) is 25.4. The molecule has 15 aromatic rings. The number of morpholine rings is 1. The minimum atomic E-state index is -4.48. The number of amides is 2. The number of hydrogen-bond acceptors (Lipinski definition) is 27. The molecule has 7 aliphatic heterocycles. The van der Waals surface area contributed by atoms with E-state index in [1.807, 2.05) is 115 Å². The maximum atomic E-state index is 13.3. The van der Waals surface area contributed by atoms with Crippen molar-refractivity contribution >= 4 is 64.3 Å². The summed E-state index contributed by atoms with van der Waals surface area (Å²) in [5.41, 5.74) is 2.89. The third-order valence-corrected chi connectivity index (χ3v) is 25.4. The summed E-state index contributed by atoms with van der Waals surface area (Å²) >= 11 is 0. The smallest absolute Gasteiger partial charge is 0.417 e. The SMILES string of the molecule is CC(C)(C)OC(=O)N1CC2(C1)CN(c1ccnc(-c3cnc4ccc(C(F)(F)F)cn34)n1)CCO2.CC(C)(C)OC(=O)N1CC2(CCCN(c3ccnc(-c4cnc5ccc(C(F)(F)F)cn45)n3)C2)C1.Cn1cc(CN2CCN(c3ccnc(-c4cnc5ccc(C(F)(F)F)cn45)n3)CC2c2cn[nH]c2)cn1.FC(F)(F)c1ccc2ncc(-c3nccc(N4CCN(CC5=CN=CC5)C(c5cn[nH]c5)C4)n3)n2c1. The number of aromatic nitrogens is 22. The number of anilines is 4. The van der Waals surface area contributed by atoms with Gasteiger partial charge in [0.05, 0.1) is 104 Å². The molecular formula is C95H97F12N31O5. The van der Waals surface area contributed by atoms with Crippen LogP contribution < -0.4 is 19.6 Å². The Labute approximate surface area is 808 Å². The van der Waals surface area contributed by atoms with Gasteiger partial charge in [-0.3, -0.25) is 47.3 Å². The molecule has 2 N–H and O–H groups in total. The fourth-order valence-electron chi connectivity index (χ4n) is 18.6. The van der Waals surface area contributed by atoms with Gasteiger partial charge in [-0.05, 0) is 133 Å². The third kappa shape index (κ3) is 21.6. The van der Waals surface area contributed by atoms with E-state index in [9.17, 15) is 62.3 Å². The number of halogens is 12. The zero-order chi connectivity index (χ0) is 100. The Kier molecular flexibility index (Phi) is 26.0. The molecule has 0 bridgehead atoms. The predicted octanol–water partition coefficient (Wildman–Crippen LogP) is 15.4. The second-order valence-corrected chi connectivity index (χ2v) is 38.0. The van der Waals surface area contributed by atoms with Gasteiger partial charge in [0, 0.05) is 201 Å². The zero-order valence-corrected chi connectivity index (χ0v) is 78.3. The summed E-state index contributed by atoms with van der Waals surface area (Å²) in [6.07, 6.45) is 15.9. The Bertz CT molecular complexity index is 6970.